The normalized spacial score (nSPS) is 10.9. The van der Waals surface area contributed by atoms with Gasteiger partial charge in [-0.3, -0.25) is 0 Å². The molecule has 0 saturated carbocycles. The van der Waals surface area contributed by atoms with Crippen LogP contribution in [0.2, 0.25) is 0 Å². The highest BCUT2D eigenvalue weighted by Crippen LogP contribution is 2.12. The fraction of sp³-hybridized carbons (Fsp3) is 0.182. The van der Waals surface area contributed by atoms with Gasteiger partial charge in [-0.1, -0.05) is 0 Å². The number of benzene rings is 1. The first-order valence-corrected chi connectivity index (χ1v) is 4.41. The minimum Gasteiger partial charge on any atom is -0.489 e. The van der Waals surface area contributed by atoms with Crippen LogP contribution >= 0.6 is 0 Å². The lowest BCUT2D eigenvalue weighted by molar-refractivity contribution is 0.347. The first kappa shape index (κ1) is 11.2. The summed E-state index contributed by atoms with van der Waals surface area (Å²) in [5, 5.41) is 8.56. The van der Waals surface area contributed by atoms with Gasteiger partial charge >= 0.3 is 0 Å². The van der Waals surface area contributed by atoms with Crippen LogP contribution in [0.1, 0.15) is 5.56 Å². The number of halogens is 1. The Morgan fingerprint density at radius 3 is 2.60 bits per heavy atom. The molecule has 0 heterocycles. The van der Waals surface area contributed by atoms with Gasteiger partial charge in [0.05, 0.1) is 18.0 Å². The zero-order valence-corrected chi connectivity index (χ0v) is 8.11. The van der Waals surface area contributed by atoms with E-state index in [9.17, 15) is 4.39 Å². The van der Waals surface area contributed by atoms with Crippen molar-refractivity contribution in [2.45, 2.75) is 0 Å². The van der Waals surface area contributed by atoms with Crippen molar-refractivity contribution in [3.8, 4) is 11.8 Å². The lowest BCUT2D eigenvalue weighted by Crippen LogP contribution is -2.10. The van der Waals surface area contributed by atoms with Gasteiger partial charge in [0.15, 0.2) is 0 Å². The van der Waals surface area contributed by atoms with E-state index in [-0.39, 0.29) is 13.2 Å². The molecule has 0 aromatic heterocycles. The van der Waals surface area contributed by atoms with E-state index < -0.39 is 0 Å². The molecular weight excluding hydrogens is 195 g/mol. The number of nitrogens with zero attached hydrogens (tertiary/aromatic N) is 1. The zero-order valence-electron chi connectivity index (χ0n) is 8.11. The molecule has 0 amide bonds. The van der Waals surface area contributed by atoms with Gasteiger partial charge < -0.3 is 10.5 Å². The van der Waals surface area contributed by atoms with Gasteiger partial charge in [-0.25, -0.2) is 4.39 Å². The van der Waals surface area contributed by atoms with E-state index in [1.165, 1.54) is 0 Å². The Bertz CT molecular complexity index is 379. The smallest absolute Gasteiger partial charge is 0.119 e. The fourth-order valence-electron chi connectivity index (χ4n) is 0.937. The lowest BCUT2D eigenvalue weighted by Gasteiger charge is -2.06. The second-order valence-corrected chi connectivity index (χ2v) is 2.90. The van der Waals surface area contributed by atoms with Crippen molar-refractivity contribution in [3.05, 3.63) is 41.7 Å². The molecule has 0 radical (unpaired) electrons. The highest BCUT2D eigenvalue weighted by molar-refractivity contribution is 5.34. The molecular formula is C11H11FN2O. The van der Waals surface area contributed by atoms with E-state index in [2.05, 4.69) is 0 Å². The molecule has 0 aliphatic heterocycles. The van der Waals surface area contributed by atoms with Gasteiger partial charge in [0.2, 0.25) is 0 Å². The summed E-state index contributed by atoms with van der Waals surface area (Å²) in [5.74, 6) is 0.585. The molecule has 0 aliphatic carbocycles. The fourth-order valence-corrected chi connectivity index (χ4v) is 0.937. The van der Waals surface area contributed by atoms with Crippen molar-refractivity contribution < 1.29 is 9.13 Å². The predicted molar refractivity (Wildman–Crippen MR) is 54.9 cm³/mol. The van der Waals surface area contributed by atoms with Crippen molar-refractivity contribution in [1.29, 1.82) is 5.26 Å². The van der Waals surface area contributed by atoms with Crippen LogP contribution in [0.4, 0.5) is 4.39 Å². The van der Waals surface area contributed by atoms with Crippen LogP contribution in [-0.2, 0) is 0 Å². The van der Waals surface area contributed by atoms with Crippen molar-refractivity contribution in [2.24, 2.45) is 5.73 Å². The molecule has 0 fully saturated rings. The largest absolute Gasteiger partial charge is 0.489 e. The standard InChI is InChI=1S/C11H11FN2O/c12-5-10(7-14)8-15-11-3-1-9(6-13)2-4-11/h1-5H,7-8,14H2/b10-5+. The maximum atomic E-state index is 12.1. The van der Waals surface area contributed by atoms with E-state index in [0.29, 0.717) is 23.2 Å². The topological polar surface area (TPSA) is 59.0 Å². The molecule has 0 atom stereocenters. The van der Waals surface area contributed by atoms with E-state index in [0.717, 1.165) is 0 Å². The van der Waals surface area contributed by atoms with Crippen LogP contribution in [0.25, 0.3) is 0 Å². The predicted octanol–water partition coefficient (Wildman–Crippen LogP) is 1.75. The minimum atomic E-state index is 0.124. The van der Waals surface area contributed by atoms with Gasteiger partial charge in [0.25, 0.3) is 0 Å². The Hall–Kier alpha value is -1.86. The van der Waals surface area contributed by atoms with Crippen molar-refractivity contribution in [1.82, 2.24) is 0 Å². The maximum absolute atomic E-state index is 12.1. The monoisotopic (exact) mass is 206 g/mol. The zero-order chi connectivity index (χ0) is 11.1. The molecule has 0 bridgehead atoms. The van der Waals surface area contributed by atoms with Crippen LogP contribution in [0.5, 0.6) is 5.75 Å². The summed E-state index contributed by atoms with van der Waals surface area (Å²) in [4.78, 5) is 0. The van der Waals surface area contributed by atoms with Crippen LogP contribution in [0, 0.1) is 11.3 Å². The van der Waals surface area contributed by atoms with Gasteiger partial charge in [-0.05, 0) is 24.3 Å². The van der Waals surface area contributed by atoms with Crippen molar-refractivity contribution in [2.75, 3.05) is 13.2 Å². The summed E-state index contributed by atoms with van der Waals surface area (Å²) < 4.78 is 17.4. The summed E-state index contributed by atoms with van der Waals surface area (Å²) in [6.07, 6.45) is 0.448. The molecule has 2 N–H and O–H groups in total. The molecule has 0 aliphatic rings. The third-order valence-electron chi connectivity index (χ3n) is 1.82. The van der Waals surface area contributed by atoms with E-state index >= 15 is 0 Å². The summed E-state index contributed by atoms with van der Waals surface area (Å²) in [6, 6.07) is 8.58. The number of hydrogen-bond acceptors (Lipinski definition) is 3. The average molecular weight is 206 g/mol. The molecule has 0 spiro atoms. The highest BCUT2D eigenvalue weighted by atomic mass is 19.1. The minimum absolute atomic E-state index is 0.124. The van der Waals surface area contributed by atoms with Gasteiger partial charge in [0, 0.05) is 12.1 Å². The Morgan fingerprint density at radius 2 is 2.13 bits per heavy atom. The number of ether oxygens (including phenoxy) is 1. The molecule has 3 nitrogen and oxygen atoms in total. The Morgan fingerprint density at radius 1 is 1.47 bits per heavy atom. The summed E-state index contributed by atoms with van der Waals surface area (Å²) in [5.41, 5.74) is 6.21. The third kappa shape index (κ3) is 3.41. The molecule has 1 aromatic carbocycles. The summed E-state index contributed by atoms with van der Waals surface area (Å²) in [7, 11) is 0. The second-order valence-electron chi connectivity index (χ2n) is 2.90. The number of hydrogen-bond donors (Lipinski definition) is 1. The quantitative estimate of drug-likeness (QED) is 0.816. The second kappa shape index (κ2) is 5.78. The van der Waals surface area contributed by atoms with Crippen molar-refractivity contribution >= 4 is 0 Å². The number of nitriles is 1. The molecule has 15 heavy (non-hydrogen) atoms. The summed E-state index contributed by atoms with van der Waals surface area (Å²) >= 11 is 0. The van der Waals surface area contributed by atoms with Gasteiger partial charge in [-0.15, -0.1) is 0 Å². The van der Waals surface area contributed by atoms with Gasteiger partial charge in [-0.2, -0.15) is 5.26 Å². The summed E-state index contributed by atoms with van der Waals surface area (Å²) in [6.45, 7) is 0.256. The molecule has 1 rings (SSSR count). The van der Waals surface area contributed by atoms with Crippen LogP contribution in [0.15, 0.2) is 36.2 Å². The first-order chi connectivity index (χ1) is 7.30. The maximum Gasteiger partial charge on any atom is 0.119 e. The lowest BCUT2D eigenvalue weighted by atomic mass is 10.2. The first-order valence-electron chi connectivity index (χ1n) is 4.41. The van der Waals surface area contributed by atoms with E-state index in [1.54, 1.807) is 24.3 Å². The van der Waals surface area contributed by atoms with Gasteiger partial charge in [0.1, 0.15) is 12.4 Å². The Kier molecular flexibility index (Phi) is 4.32. The molecule has 0 saturated heterocycles. The Labute approximate surface area is 87.6 Å². The number of rotatable bonds is 4. The Balaban J connectivity index is 2.55. The van der Waals surface area contributed by atoms with Crippen molar-refractivity contribution in [3.63, 3.8) is 0 Å². The molecule has 78 valence electrons. The van der Waals surface area contributed by atoms with Crippen LogP contribution in [0.3, 0.4) is 0 Å². The van der Waals surface area contributed by atoms with E-state index in [4.69, 9.17) is 15.7 Å². The van der Waals surface area contributed by atoms with Crippen LogP contribution < -0.4 is 10.5 Å². The average Bonchev–Trinajstić information content (AvgIpc) is 2.31. The molecule has 0 unspecified atom stereocenters. The van der Waals surface area contributed by atoms with E-state index in [1.807, 2.05) is 6.07 Å². The third-order valence-corrected chi connectivity index (χ3v) is 1.82. The molecule has 1 aromatic rings. The number of nitrogens with two attached hydrogens (primary N) is 1. The van der Waals surface area contributed by atoms with Crippen LogP contribution in [-0.4, -0.2) is 13.2 Å². The molecule has 4 heteroatoms. The SMILES string of the molecule is N#Cc1ccc(OC/C(=C/F)CN)cc1. The highest BCUT2D eigenvalue weighted by Gasteiger charge is 1.98.